The number of thiophene rings is 1. The lowest BCUT2D eigenvalue weighted by atomic mass is 9.91. The summed E-state index contributed by atoms with van der Waals surface area (Å²) in [4.78, 5) is 1.77. The molecule has 1 aliphatic rings. The lowest BCUT2D eigenvalue weighted by Crippen LogP contribution is -2.30. The molecule has 0 unspecified atom stereocenters. The summed E-state index contributed by atoms with van der Waals surface area (Å²) >= 11 is 1.45. The Labute approximate surface area is 130 Å². The van der Waals surface area contributed by atoms with Gasteiger partial charge in [0.2, 0.25) is 10.0 Å². The van der Waals surface area contributed by atoms with Gasteiger partial charge >= 0.3 is 0 Å². The molecular weight excluding hydrogens is 306 g/mol. The van der Waals surface area contributed by atoms with Crippen LogP contribution < -0.4 is 4.72 Å². The second kappa shape index (κ2) is 7.95. The molecule has 1 heterocycles. The SMILES string of the molecule is O=S(=O)(CC1CCCCC1)NCc1ccc(C#CCO)s1. The van der Waals surface area contributed by atoms with Crippen LogP contribution in [-0.2, 0) is 16.6 Å². The molecule has 6 heteroatoms. The van der Waals surface area contributed by atoms with Crippen LogP contribution in [0.5, 0.6) is 0 Å². The molecule has 0 atom stereocenters. The Hall–Kier alpha value is -0.870. The summed E-state index contributed by atoms with van der Waals surface area (Å²) in [7, 11) is -3.21. The van der Waals surface area contributed by atoms with E-state index in [4.69, 9.17) is 5.11 Å². The van der Waals surface area contributed by atoms with Gasteiger partial charge in [-0.2, -0.15) is 0 Å². The maximum atomic E-state index is 12.1. The molecule has 1 fully saturated rings. The van der Waals surface area contributed by atoms with E-state index in [9.17, 15) is 8.42 Å². The maximum Gasteiger partial charge on any atom is 0.212 e. The Bertz CT molecular complexity index is 604. The number of hydrogen-bond donors (Lipinski definition) is 2. The molecule has 4 nitrogen and oxygen atoms in total. The van der Waals surface area contributed by atoms with Gasteiger partial charge in [-0.15, -0.1) is 11.3 Å². The van der Waals surface area contributed by atoms with E-state index in [0.717, 1.165) is 35.4 Å². The van der Waals surface area contributed by atoms with E-state index >= 15 is 0 Å². The Kier molecular flexibility index (Phi) is 6.24. The van der Waals surface area contributed by atoms with Gasteiger partial charge < -0.3 is 5.11 Å². The summed E-state index contributed by atoms with van der Waals surface area (Å²) in [5.41, 5.74) is 0. The third-order valence-electron chi connectivity index (χ3n) is 3.60. The minimum Gasteiger partial charge on any atom is -0.384 e. The second-order valence-electron chi connectivity index (χ2n) is 5.33. The maximum absolute atomic E-state index is 12.1. The van der Waals surface area contributed by atoms with Crippen molar-refractivity contribution in [3.05, 3.63) is 21.9 Å². The van der Waals surface area contributed by atoms with Gasteiger partial charge in [0.05, 0.1) is 10.6 Å². The Morgan fingerprint density at radius 2 is 2.05 bits per heavy atom. The van der Waals surface area contributed by atoms with Crippen LogP contribution in [0.1, 0.15) is 41.9 Å². The highest BCUT2D eigenvalue weighted by Crippen LogP contribution is 2.24. The smallest absolute Gasteiger partial charge is 0.212 e. The van der Waals surface area contributed by atoms with Crippen molar-refractivity contribution in [1.82, 2.24) is 4.72 Å². The molecule has 0 spiro atoms. The van der Waals surface area contributed by atoms with Gasteiger partial charge in [-0.3, -0.25) is 0 Å². The average Bonchev–Trinajstić information content (AvgIpc) is 2.92. The summed E-state index contributed by atoms with van der Waals surface area (Å²) in [6, 6.07) is 3.72. The van der Waals surface area contributed by atoms with E-state index in [1.165, 1.54) is 17.8 Å². The Balaban J connectivity index is 1.84. The van der Waals surface area contributed by atoms with Crippen molar-refractivity contribution in [3.63, 3.8) is 0 Å². The highest BCUT2D eigenvalue weighted by Gasteiger charge is 2.21. The predicted octanol–water partition coefficient (Wildman–Crippen LogP) is 2.09. The topological polar surface area (TPSA) is 66.4 Å². The zero-order valence-electron chi connectivity index (χ0n) is 12.0. The van der Waals surface area contributed by atoms with E-state index in [1.807, 2.05) is 12.1 Å². The second-order valence-corrected chi connectivity index (χ2v) is 8.35. The van der Waals surface area contributed by atoms with Crippen molar-refractivity contribution in [2.75, 3.05) is 12.4 Å². The molecule has 0 aromatic carbocycles. The fourth-order valence-corrected chi connectivity index (χ4v) is 4.93. The third-order valence-corrected chi connectivity index (χ3v) is 6.09. The number of aliphatic hydroxyl groups is 1. The molecule has 0 saturated heterocycles. The van der Waals surface area contributed by atoms with Crippen molar-refractivity contribution < 1.29 is 13.5 Å². The van der Waals surface area contributed by atoms with Gasteiger partial charge in [0, 0.05) is 11.4 Å². The highest BCUT2D eigenvalue weighted by atomic mass is 32.2. The fourth-order valence-electron chi connectivity index (χ4n) is 2.57. The lowest BCUT2D eigenvalue weighted by Gasteiger charge is -2.21. The van der Waals surface area contributed by atoms with Crippen LogP contribution in [0.25, 0.3) is 0 Å². The van der Waals surface area contributed by atoms with Crippen molar-refractivity contribution in [3.8, 4) is 11.8 Å². The molecule has 1 aromatic rings. The van der Waals surface area contributed by atoms with E-state index in [2.05, 4.69) is 16.6 Å². The number of aliphatic hydroxyl groups excluding tert-OH is 1. The van der Waals surface area contributed by atoms with Gasteiger partial charge in [0.25, 0.3) is 0 Å². The first-order valence-corrected chi connectivity index (χ1v) is 9.72. The van der Waals surface area contributed by atoms with Crippen LogP contribution in [-0.4, -0.2) is 25.9 Å². The van der Waals surface area contributed by atoms with Crippen molar-refractivity contribution >= 4 is 21.4 Å². The summed E-state index contributed by atoms with van der Waals surface area (Å²) in [6.07, 6.45) is 5.59. The molecule has 0 radical (unpaired) electrons. The molecule has 116 valence electrons. The van der Waals surface area contributed by atoms with Crippen LogP contribution in [0.4, 0.5) is 0 Å². The van der Waals surface area contributed by atoms with Crippen LogP contribution in [0.15, 0.2) is 12.1 Å². The summed E-state index contributed by atoms with van der Waals surface area (Å²) in [5.74, 6) is 5.96. The van der Waals surface area contributed by atoms with Crippen LogP contribution >= 0.6 is 11.3 Å². The van der Waals surface area contributed by atoms with Crippen molar-refractivity contribution in [2.24, 2.45) is 5.92 Å². The van der Waals surface area contributed by atoms with Gasteiger partial charge in [0.1, 0.15) is 6.61 Å². The molecule has 0 bridgehead atoms. The zero-order valence-corrected chi connectivity index (χ0v) is 13.6. The Morgan fingerprint density at radius 1 is 1.29 bits per heavy atom. The zero-order chi connectivity index (χ0) is 15.1. The molecule has 21 heavy (non-hydrogen) atoms. The molecule has 0 aliphatic heterocycles. The standard InChI is InChI=1S/C15H21NO3S2/c17-10-4-7-14-8-9-15(20-14)11-16-21(18,19)12-13-5-2-1-3-6-13/h8-9,13,16-17H,1-3,5-6,10-12H2. The molecule has 2 N–H and O–H groups in total. The molecule has 1 aliphatic carbocycles. The molecular formula is C15H21NO3S2. The first-order valence-electron chi connectivity index (χ1n) is 7.25. The van der Waals surface area contributed by atoms with Gasteiger partial charge in [-0.25, -0.2) is 13.1 Å². The van der Waals surface area contributed by atoms with Crippen molar-refractivity contribution in [2.45, 2.75) is 38.6 Å². The summed E-state index contributed by atoms with van der Waals surface area (Å²) < 4.78 is 26.8. The molecule has 0 amide bonds. The van der Waals surface area contributed by atoms with Crippen LogP contribution in [0.3, 0.4) is 0 Å². The monoisotopic (exact) mass is 327 g/mol. The van der Waals surface area contributed by atoms with Crippen LogP contribution in [0.2, 0.25) is 0 Å². The normalized spacial score (nSPS) is 16.4. The first kappa shape index (κ1) is 16.5. The van der Waals surface area contributed by atoms with E-state index in [-0.39, 0.29) is 12.4 Å². The lowest BCUT2D eigenvalue weighted by molar-refractivity contribution is 0.350. The number of sulfonamides is 1. The number of rotatable bonds is 5. The minimum atomic E-state index is -3.21. The molecule has 1 aromatic heterocycles. The summed E-state index contributed by atoms with van der Waals surface area (Å²) in [5, 5.41) is 8.64. The third kappa shape index (κ3) is 5.79. The van der Waals surface area contributed by atoms with Crippen molar-refractivity contribution in [1.29, 1.82) is 0 Å². The highest BCUT2D eigenvalue weighted by molar-refractivity contribution is 7.89. The quantitative estimate of drug-likeness (QED) is 0.814. The molecule has 1 saturated carbocycles. The number of nitrogens with one attached hydrogen (secondary N) is 1. The Morgan fingerprint density at radius 3 is 2.76 bits per heavy atom. The largest absolute Gasteiger partial charge is 0.384 e. The minimum absolute atomic E-state index is 0.165. The molecule has 2 rings (SSSR count). The van der Waals surface area contributed by atoms with E-state index in [0.29, 0.717) is 12.5 Å². The van der Waals surface area contributed by atoms with Gasteiger partial charge in [-0.1, -0.05) is 31.1 Å². The fraction of sp³-hybridized carbons (Fsp3) is 0.600. The number of hydrogen-bond acceptors (Lipinski definition) is 4. The predicted molar refractivity (Wildman–Crippen MR) is 85.5 cm³/mol. The summed E-state index contributed by atoms with van der Waals surface area (Å²) in [6.45, 7) is 0.155. The van der Waals surface area contributed by atoms with Gasteiger partial charge in [0.15, 0.2) is 0 Å². The van der Waals surface area contributed by atoms with E-state index in [1.54, 1.807) is 0 Å². The average molecular weight is 327 g/mol. The van der Waals surface area contributed by atoms with E-state index < -0.39 is 10.0 Å². The first-order chi connectivity index (χ1) is 10.1. The van der Waals surface area contributed by atoms with Crippen LogP contribution in [0, 0.1) is 17.8 Å². The van der Waals surface area contributed by atoms with Gasteiger partial charge in [-0.05, 0) is 30.9 Å².